The molecule has 0 aliphatic rings. The molecule has 0 bridgehead atoms. The van der Waals surface area contributed by atoms with Crippen LogP contribution in [0.4, 0.5) is 4.79 Å². The Morgan fingerprint density at radius 1 is 1.12 bits per heavy atom. The summed E-state index contributed by atoms with van der Waals surface area (Å²) in [5, 5.41) is 0.963. The van der Waals surface area contributed by atoms with E-state index in [1.807, 2.05) is 39.0 Å². The van der Waals surface area contributed by atoms with Crippen LogP contribution in [0.25, 0.3) is 0 Å². The number of amides is 1. The van der Waals surface area contributed by atoms with Gasteiger partial charge in [0.05, 0.1) is 6.54 Å². The summed E-state index contributed by atoms with van der Waals surface area (Å²) < 4.78 is 12.2. The molecule has 0 heterocycles. The van der Waals surface area contributed by atoms with Gasteiger partial charge in [-0.1, -0.05) is 45.2 Å². The smallest absolute Gasteiger partial charge is 0.410 e. The van der Waals surface area contributed by atoms with Gasteiger partial charge in [0.1, 0.15) is 17.1 Å². The number of nitrogens with zero attached hydrogens (tertiary/aromatic N) is 1. The van der Waals surface area contributed by atoms with E-state index in [0.29, 0.717) is 28.1 Å². The number of carbonyl (C=O) groups excluding carboxylic acids is 1. The topological polar surface area (TPSA) is 38.8 Å². The summed E-state index contributed by atoms with van der Waals surface area (Å²) in [4.78, 5) is 13.7. The molecule has 0 spiro atoms. The second-order valence-electron chi connectivity index (χ2n) is 6.80. The molecule has 2 aromatic rings. The van der Waals surface area contributed by atoms with Gasteiger partial charge in [-0.3, -0.25) is 0 Å². The SMILES string of the molecule is CN(Cc1ccc(Br)cc1Oc1cc(Cl)cc(Cl)c1)C(=O)OC(C)(C)C. The van der Waals surface area contributed by atoms with E-state index in [9.17, 15) is 4.79 Å². The Morgan fingerprint density at radius 3 is 2.31 bits per heavy atom. The third-order valence-corrected chi connectivity index (χ3v) is 4.14. The van der Waals surface area contributed by atoms with Crippen LogP contribution in [0.2, 0.25) is 10.0 Å². The predicted octanol–water partition coefficient (Wildman–Crippen LogP) is 6.92. The van der Waals surface area contributed by atoms with Crippen molar-refractivity contribution in [1.82, 2.24) is 4.90 Å². The van der Waals surface area contributed by atoms with Crippen LogP contribution < -0.4 is 4.74 Å². The third-order valence-electron chi connectivity index (χ3n) is 3.21. The van der Waals surface area contributed by atoms with Gasteiger partial charge in [0.2, 0.25) is 0 Å². The summed E-state index contributed by atoms with van der Waals surface area (Å²) in [5.41, 5.74) is 0.264. The van der Waals surface area contributed by atoms with Gasteiger partial charge in [0.15, 0.2) is 0 Å². The molecule has 2 rings (SSSR count). The van der Waals surface area contributed by atoms with Crippen molar-refractivity contribution in [2.75, 3.05) is 7.05 Å². The van der Waals surface area contributed by atoms with E-state index < -0.39 is 11.7 Å². The lowest BCUT2D eigenvalue weighted by molar-refractivity contribution is 0.0284. The lowest BCUT2D eigenvalue weighted by Crippen LogP contribution is -2.33. The average molecular weight is 461 g/mol. The fourth-order valence-electron chi connectivity index (χ4n) is 2.13. The standard InChI is InChI=1S/C19H20BrCl2NO3/c1-19(2,3)26-18(24)23(4)11-12-5-6-13(20)7-17(12)25-16-9-14(21)8-15(22)10-16/h5-10H,11H2,1-4H3. The van der Waals surface area contributed by atoms with Crippen molar-refractivity contribution in [1.29, 1.82) is 0 Å². The van der Waals surface area contributed by atoms with Crippen molar-refractivity contribution in [2.45, 2.75) is 32.9 Å². The molecule has 0 radical (unpaired) electrons. The summed E-state index contributed by atoms with van der Waals surface area (Å²) in [6.07, 6.45) is -0.405. The summed E-state index contributed by atoms with van der Waals surface area (Å²) in [5.74, 6) is 1.11. The molecule has 0 saturated carbocycles. The van der Waals surface area contributed by atoms with Crippen molar-refractivity contribution in [3.8, 4) is 11.5 Å². The first-order chi connectivity index (χ1) is 12.0. The van der Waals surface area contributed by atoms with Crippen LogP contribution in [0.3, 0.4) is 0 Å². The van der Waals surface area contributed by atoms with Crippen LogP contribution in [-0.2, 0) is 11.3 Å². The summed E-state index contributed by atoms with van der Waals surface area (Å²) >= 11 is 15.5. The second-order valence-corrected chi connectivity index (χ2v) is 8.58. The Kier molecular flexibility index (Phi) is 6.83. The van der Waals surface area contributed by atoms with Crippen molar-refractivity contribution in [2.24, 2.45) is 0 Å². The van der Waals surface area contributed by atoms with Crippen molar-refractivity contribution >= 4 is 45.2 Å². The molecular formula is C19H20BrCl2NO3. The third kappa shape index (κ3) is 6.38. The molecular weight excluding hydrogens is 441 g/mol. The largest absolute Gasteiger partial charge is 0.457 e. The van der Waals surface area contributed by atoms with Crippen LogP contribution >= 0.6 is 39.1 Å². The van der Waals surface area contributed by atoms with Crippen LogP contribution in [-0.4, -0.2) is 23.6 Å². The monoisotopic (exact) mass is 459 g/mol. The summed E-state index contributed by atoms with van der Waals surface area (Å²) in [6.45, 7) is 5.81. The lowest BCUT2D eigenvalue weighted by atomic mass is 10.2. The normalized spacial score (nSPS) is 11.2. The molecule has 0 N–H and O–H groups in total. The van der Waals surface area contributed by atoms with Crippen molar-refractivity contribution < 1.29 is 14.3 Å². The summed E-state index contributed by atoms with van der Waals surface area (Å²) in [6, 6.07) is 10.6. The number of benzene rings is 2. The second kappa shape index (κ2) is 8.51. The van der Waals surface area contributed by atoms with Gasteiger partial charge >= 0.3 is 6.09 Å². The number of ether oxygens (including phenoxy) is 2. The lowest BCUT2D eigenvalue weighted by Gasteiger charge is -2.25. The number of carbonyl (C=O) groups is 1. The highest BCUT2D eigenvalue weighted by molar-refractivity contribution is 9.10. The van der Waals surface area contributed by atoms with Crippen LogP contribution in [0.1, 0.15) is 26.3 Å². The van der Waals surface area contributed by atoms with E-state index >= 15 is 0 Å². The maximum atomic E-state index is 12.2. The Hall–Kier alpha value is -1.43. The van der Waals surface area contributed by atoms with Gasteiger partial charge in [-0.05, 0) is 51.1 Å². The van der Waals surface area contributed by atoms with Gasteiger partial charge < -0.3 is 14.4 Å². The molecule has 26 heavy (non-hydrogen) atoms. The fraction of sp³-hybridized carbons (Fsp3) is 0.316. The van der Waals surface area contributed by atoms with Crippen molar-refractivity contribution in [3.63, 3.8) is 0 Å². The zero-order valence-corrected chi connectivity index (χ0v) is 18.1. The Bertz CT molecular complexity index is 786. The van der Waals surface area contributed by atoms with E-state index in [2.05, 4.69) is 15.9 Å². The highest BCUT2D eigenvalue weighted by Gasteiger charge is 2.20. The molecule has 0 aliphatic heterocycles. The van der Waals surface area contributed by atoms with Gasteiger partial charge in [0.25, 0.3) is 0 Å². The average Bonchev–Trinajstić information content (AvgIpc) is 2.47. The van der Waals surface area contributed by atoms with Crippen LogP contribution in [0, 0.1) is 0 Å². The van der Waals surface area contributed by atoms with Crippen LogP contribution in [0.5, 0.6) is 11.5 Å². The molecule has 7 heteroatoms. The van der Waals surface area contributed by atoms with E-state index in [0.717, 1.165) is 10.0 Å². The Balaban J connectivity index is 2.23. The molecule has 140 valence electrons. The maximum Gasteiger partial charge on any atom is 0.410 e. The first kappa shape index (κ1) is 20.9. The highest BCUT2D eigenvalue weighted by atomic mass is 79.9. The number of halogens is 3. The Morgan fingerprint density at radius 2 is 1.73 bits per heavy atom. The molecule has 0 aliphatic carbocycles. The van der Waals surface area contributed by atoms with Gasteiger partial charge in [-0.15, -0.1) is 0 Å². The highest BCUT2D eigenvalue weighted by Crippen LogP contribution is 2.32. The van der Waals surface area contributed by atoms with Crippen LogP contribution in [0.15, 0.2) is 40.9 Å². The molecule has 2 aromatic carbocycles. The number of hydrogen-bond acceptors (Lipinski definition) is 3. The van der Waals surface area contributed by atoms with E-state index in [1.54, 1.807) is 25.2 Å². The molecule has 1 amide bonds. The number of rotatable bonds is 4. The first-order valence-corrected chi connectivity index (χ1v) is 9.45. The van der Waals surface area contributed by atoms with Crippen molar-refractivity contribution in [3.05, 3.63) is 56.5 Å². The molecule has 0 saturated heterocycles. The van der Waals surface area contributed by atoms with Gasteiger partial charge in [0, 0.05) is 27.1 Å². The Labute approximate surface area is 172 Å². The summed E-state index contributed by atoms with van der Waals surface area (Å²) in [7, 11) is 1.68. The molecule has 0 unspecified atom stereocenters. The van der Waals surface area contributed by atoms with E-state index in [1.165, 1.54) is 4.90 Å². The van der Waals surface area contributed by atoms with Gasteiger partial charge in [-0.25, -0.2) is 4.79 Å². The minimum atomic E-state index is -0.554. The van der Waals surface area contributed by atoms with Gasteiger partial charge in [-0.2, -0.15) is 0 Å². The van der Waals surface area contributed by atoms with E-state index in [4.69, 9.17) is 32.7 Å². The minimum absolute atomic E-state index is 0.325. The number of hydrogen-bond donors (Lipinski definition) is 0. The van der Waals surface area contributed by atoms with E-state index in [-0.39, 0.29) is 0 Å². The maximum absolute atomic E-state index is 12.2. The minimum Gasteiger partial charge on any atom is -0.457 e. The quantitative estimate of drug-likeness (QED) is 0.497. The molecule has 0 atom stereocenters. The molecule has 0 fully saturated rings. The molecule has 0 aromatic heterocycles. The predicted molar refractivity (Wildman–Crippen MR) is 108 cm³/mol. The zero-order valence-electron chi connectivity index (χ0n) is 15.0. The fourth-order valence-corrected chi connectivity index (χ4v) is 2.97. The molecule has 4 nitrogen and oxygen atoms in total. The zero-order chi connectivity index (χ0) is 19.5. The first-order valence-electron chi connectivity index (χ1n) is 7.90.